The molecule has 380 valence electrons. The Morgan fingerprint density at radius 2 is 1.75 bits per heavy atom. The van der Waals surface area contributed by atoms with Gasteiger partial charge in [-0.1, -0.05) is 24.5 Å². The van der Waals surface area contributed by atoms with Crippen LogP contribution in [0.5, 0.6) is 5.75 Å². The Kier molecular flexibility index (Phi) is 15.2. The molecule has 3 saturated heterocycles. The van der Waals surface area contributed by atoms with Gasteiger partial charge < -0.3 is 35.4 Å². The van der Waals surface area contributed by atoms with E-state index < -0.39 is 33.7 Å². The number of anilines is 7. The number of imide groups is 1. The topological polar surface area (TPSA) is 236 Å². The Morgan fingerprint density at radius 3 is 2.49 bits per heavy atom. The number of fused-ring (bicyclic) bond motifs is 2. The lowest BCUT2D eigenvalue weighted by atomic mass is 10.0. The van der Waals surface area contributed by atoms with E-state index in [9.17, 15) is 32.0 Å². The summed E-state index contributed by atoms with van der Waals surface area (Å²) in [4.78, 5) is 76.6. The lowest BCUT2D eigenvalue weighted by molar-refractivity contribution is -0.137. The summed E-state index contributed by atoms with van der Waals surface area (Å²) in [6, 6.07) is 12.0. The summed E-state index contributed by atoms with van der Waals surface area (Å²) in [7, 11) is -2.21. The molecule has 1 atom stereocenters. The van der Waals surface area contributed by atoms with Gasteiger partial charge in [0.1, 0.15) is 23.1 Å². The average molecular weight is 1080 g/mol. The van der Waals surface area contributed by atoms with Gasteiger partial charge in [0.25, 0.3) is 11.8 Å². The summed E-state index contributed by atoms with van der Waals surface area (Å²) in [6.45, 7) is 9.50. The van der Waals surface area contributed by atoms with Crippen molar-refractivity contribution < 1.29 is 36.7 Å². The van der Waals surface area contributed by atoms with Gasteiger partial charge in [0, 0.05) is 100 Å². The van der Waals surface area contributed by atoms with Crippen LogP contribution < -0.4 is 35.6 Å². The number of piperazine rings is 1. The smallest absolute Gasteiger partial charge is 0.283 e. The molecule has 5 N–H and O–H groups in total. The van der Waals surface area contributed by atoms with Gasteiger partial charge in [-0.2, -0.15) is 4.98 Å². The molecule has 20 nitrogen and oxygen atoms in total. The number of nitrogens with one attached hydrogen (secondary N) is 5. The number of benzene rings is 3. The van der Waals surface area contributed by atoms with Gasteiger partial charge in [-0.3, -0.25) is 44.1 Å². The second-order valence-corrected chi connectivity index (χ2v) is 20.7. The third-order valence-corrected chi connectivity index (χ3v) is 14.4. The first-order chi connectivity index (χ1) is 35.1. The number of aromatic nitrogens is 4. The summed E-state index contributed by atoms with van der Waals surface area (Å²) >= 11 is 3.48. The molecule has 0 radical (unpaired) electrons. The lowest BCUT2D eigenvalue weighted by Crippen LogP contribution is -2.53. The van der Waals surface area contributed by atoms with E-state index in [1.165, 1.54) is 25.7 Å². The summed E-state index contributed by atoms with van der Waals surface area (Å²) in [5.41, 5.74) is 4.84. The number of unbranched alkanes of at least 4 members (excludes halogenated alkanes) is 1. The molecule has 6 heterocycles. The monoisotopic (exact) mass is 1080 g/mol. The van der Waals surface area contributed by atoms with Crippen LogP contribution >= 0.6 is 15.9 Å². The van der Waals surface area contributed by atoms with Crippen molar-refractivity contribution in [1.29, 1.82) is 0 Å². The number of ether oxygens (including phenoxy) is 1. The molecule has 4 aliphatic rings. The molecule has 3 aromatic carbocycles. The molecule has 73 heavy (non-hydrogen) atoms. The standard InChI is InChI=1S/C50H53BrFN13O7S/c1-30(52)47(67)57-38-26-39(58-50-55-28-35(51)46(60-50)56-37-12-11-36-44(54-18-17-53-36)45(37)61-73(3,70)71)42(72-2)27-41(38)64-20-15-32(16-21-64)63-24-22-62(23-25-63)19-6-4-5-8-31-9-7-10-33-34(31)29-65(49(33)69)40-13-14-43(66)59-48(40)68/h7,9-12,17-18,26-28,32,40,61H,1,4,6,13-16,19-25,29H2,2-3H3,(H,57,67)(H,59,66,68)(H2,55,56,58,60). The zero-order valence-electron chi connectivity index (χ0n) is 40.1. The molecule has 23 heteroatoms. The van der Waals surface area contributed by atoms with Crippen LogP contribution in [0.3, 0.4) is 0 Å². The van der Waals surface area contributed by atoms with E-state index in [1.54, 1.807) is 35.2 Å². The molecule has 5 aromatic rings. The van der Waals surface area contributed by atoms with Crippen molar-refractivity contribution >= 4 is 101 Å². The molecule has 0 bridgehead atoms. The molecule has 0 spiro atoms. The number of nitrogens with zero attached hydrogens (tertiary/aromatic N) is 8. The Labute approximate surface area is 429 Å². The quantitative estimate of drug-likeness (QED) is 0.0369. The van der Waals surface area contributed by atoms with Crippen molar-refractivity contribution in [2.24, 2.45) is 0 Å². The van der Waals surface area contributed by atoms with E-state index in [2.05, 4.69) is 95.0 Å². The molecular formula is C50H53BrFN13O7S. The highest BCUT2D eigenvalue weighted by Gasteiger charge is 2.40. The second-order valence-electron chi connectivity index (χ2n) is 18.1. The van der Waals surface area contributed by atoms with Crippen LogP contribution in [0.25, 0.3) is 11.0 Å². The molecule has 4 amide bonds. The fourth-order valence-corrected chi connectivity index (χ4v) is 10.5. The zero-order valence-corrected chi connectivity index (χ0v) is 42.5. The Morgan fingerprint density at radius 1 is 0.973 bits per heavy atom. The minimum Gasteiger partial charge on any atom is -0.494 e. The van der Waals surface area contributed by atoms with E-state index in [1.807, 2.05) is 12.1 Å². The zero-order chi connectivity index (χ0) is 51.4. The molecule has 0 aliphatic carbocycles. The summed E-state index contributed by atoms with van der Waals surface area (Å²) in [5.74, 6) is 4.29. The van der Waals surface area contributed by atoms with Crippen molar-refractivity contribution in [2.75, 3.05) is 84.8 Å². The molecule has 1 unspecified atom stereocenters. The SMILES string of the molecule is C=C(F)C(=O)Nc1cc(Nc2ncc(Br)c(Nc3ccc4nccnc4c3NS(C)(=O)=O)n2)c(OC)cc1N1CCC(N2CCN(CCCC#Cc3cccc4c3CN(C3CCC(=O)NC3=O)C4=O)CC2)CC1. The average Bonchev–Trinajstić information content (AvgIpc) is 3.71. The molecular weight excluding hydrogens is 1030 g/mol. The number of methoxy groups -OCH3 is 1. The van der Waals surface area contributed by atoms with Crippen molar-refractivity contribution in [3.8, 4) is 17.6 Å². The third kappa shape index (κ3) is 11.7. The minimum atomic E-state index is -3.72. The first kappa shape index (κ1) is 50.7. The van der Waals surface area contributed by atoms with Gasteiger partial charge >= 0.3 is 0 Å². The molecule has 4 aliphatic heterocycles. The molecule has 3 fully saturated rings. The van der Waals surface area contributed by atoms with E-state index in [0.29, 0.717) is 88.1 Å². The highest BCUT2D eigenvalue weighted by Crippen LogP contribution is 2.41. The van der Waals surface area contributed by atoms with Crippen molar-refractivity contribution in [3.05, 3.63) is 94.6 Å². The van der Waals surface area contributed by atoms with E-state index in [4.69, 9.17) is 4.74 Å². The van der Waals surface area contributed by atoms with Crippen LogP contribution in [0.2, 0.25) is 0 Å². The predicted molar refractivity (Wildman–Crippen MR) is 278 cm³/mol. The van der Waals surface area contributed by atoms with Gasteiger partial charge in [0.2, 0.25) is 27.8 Å². The van der Waals surface area contributed by atoms with E-state index in [-0.39, 0.29) is 35.7 Å². The minimum absolute atomic E-state index is 0.116. The molecule has 0 saturated carbocycles. The maximum Gasteiger partial charge on any atom is 0.283 e. The first-order valence-corrected chi connectivity index (χ1v) is 26.4. The number of amides is 4. The largest absolute Gasteiger partial charge is 0.494 e. The molecule has 9 rings (SSSR count). The van der Waals surface area contributed by atoms with Crippen LogP contribution in [0.1, 0.15) is 60.0 Å². The van der Waals surface area contributed by atoms with E-state index in [0.717, 1.165) is 69.4 Å². The van der Waals surface area contributed by atoms with Gasteiger partial charge in [0.05, 0.1) is 51.8 Å². The molecule has 2 aromatic heterocycles. The van der Waals surface area contributed by atoms with Crippen LogP contribution in [0.4, 0.5) is 44.6 Å². The van der Waals surface area contributed by atoms with Crippen LogP contribution in [0, 0.1) is 11.8 Å². The number of piperidine rings is 2. The van der Waals surface area contributed by atoms with E-state index >= 15 is 0 Å². The number of hydrogen-bond donors (Lipinski definition) is 5. The number of carbonyl (C=O) groups excluding carboxylic acids is 4. The lowest BCUT2D eigenvalue weighted by Gasteiger charge is -2.43. The maximum atomic E-state index is 14.2. The maximum absolute atomic E-state index is 14.2. The summed E-state index contributed by atoms with van der Waals surface area (Å²) < 4.78 is 47.8. The Bertz CT molecular complexity index is 3190. The predicted octanol–water partition coefficient (Wildman–Crippen LogP) is 5.65. The van der Waals surface area contributed by atoms with Gasteiger partial charge in [-0.05, 0) is 84.1 Å². The first-order valence-electron chi connectivity index (χ1n) is 23.7. The van der Waals surface area contributed by atoms with Crippen molar-refractivity contribution in [3.63, 3.8) is 0 Å². The van der Waals surface area contributed by atoms with Gasteiger partial charge in [-0.25, -0.2) is 17.8 Å². The Balaban J connectivity index is 0.802. The Hall–Kier alpha value is -7.26. The van der Waals surface area contributed by atoms with Crippen molar-refractivity contribution in [2.45, 2.75) is 57.2 Å². The van der Waals surface area contributed by atoms with Crippen LogP contribution in [-0.4, -0.2) is 138 Å². The van der Waals surface area contributed by atoms with Gasteiger partial charge in [0.15, 0.2) is 5.83 Å². The summed E-state index contributed by atoms with van der Waals surface area (Å²) in [6.07, 6.45) is 9.37. The van der Waals surface area contributed by atoms with Crippen molar-refractivity contribution in [1.82, 2.24) is 40.0 Å². The third-order valence-electron chi connectivity index (χ3n) is 13.3. The number of carbonyl (C=O) groups is 4. The number of halogens is 2. The van der Waals surface area contributed by atoms with Gasteiger partial charge in [-0.15, -0.1) is 0 Å². The fourth-order valence-electron chi connectivity index (χ4n) is 9.66. The number of sulfonamides is 1. The van der Waals surface area contributed by atoms with Crippen LogP contribution in [0.15, 0.2) is 77.9 Å². The number of rotatable bonds is 15. The fraction of sp³-hybridized carbons (Fsp3) is 0.360. The normalized spacial score (nSPS) is 17.6. The second kappa shape index (κ2) is 21.8. The van der Waals surface area contributed by atoms with Crippen LogP contribution in [-0.2, 0) is 31.0 Å². The number of hydrogen-bond acceptors (Lipinski definition) is 16. The summed E-state index contributed by atoms with van der Waals surface area (Å²) in [5, 5.41) is 11.4. The highest BCUT2D eigenvalue weighted by atomic mass is 79.9. The highest BCUT2D eigenvalue weighted by molar-refractivity contribution is 9.10.